The summed E-state index contributed by atoms with van der Waals surface area (Å²) in [6.07, 6.45) is -0.415. The maximum absolute atomic E-state index is 9.65. The Morgan fingerprint density at radius 3 is 2.08 bits per heavy atom. The highest BCUT2D eigenvalue weighted by Gasteiger charge is 2.19. The molecule has 3 atom stereocenters. The van der Waals surface area contributed by atoms with Crippen LogP contribution in [0, 0.1) is 23.7 Å². The lowest BCUT2D eigenvalue weighted by Gasteiger charge is -2.22. The van der Waals surface area contributed by atoms with Crippen LogP contribution in [0.25, 0.3) is 0 Å². The molecule has 0 bridgehead atoms. The van der Waals surface area contributed by atoms with Gasteiger partial charge in [-0.2, -0.15) is 0 Å². The lowest BCUT2D eigenvalue weighted by molar-refractivity contribution is 0.0511. The van der Waals surface area contributed by atoms with E-state index >= 15 is 0 Å². The molecule has 1 unspecified atom stereocenters. The van der Waals surface area contributed by atoms with Crippen molar-refractivity contribution in [3.63, 3.8) is 0 Å². The first kappa shape index (κ1) is 12.5. The molecule has 0 radical (unpaired) electrons. The van der Waals surface area contributed by atoms with Crippen LogP contribution in [0.1, 0.15) is 34.1 Å². The Morgan fingerprint density at radius 2 is 1.69 bits per heavy atom. The fourth-order valence-electron chi connectivity index (χ4n) is 1.37. The molecule has 0 aliphatic heterocycles. The van der Waals surface area contributed by atoms with Gasteiger partial charge in [-0.05, 0) is 25.2 Å². The second-order valence-electron chi connectivity index (χ2n) is 3.86. The third-order valence-corrected chi connectivity index (χ3v) is 2.17. The van der Waals surface area contributed by atoms with E-state index in [1.165, 1.54) is 0 Å². The highest BCUT2D eigenvalue weighted by atomic mass is 16.3. The second-order valence-corrected chi connectivity index (χ2v) is 3.86. The predicted octanol–water partition coefficient (Wildman–Crippen LogP) is 1.41. The van der Waals surface area contributed by atoms with Gasteiger partial charge in [-0.1, -0.05) is 26.7 Å². The number of hydrogen-bond donors (Lipinski definition) is 2. The van der Waals surface area contributed by atoms with Crippen LogP contribution in [0.5, 0.6) is 0 Å². The lowest BCUT2D eigenvalue weighted by atomic mass is 9.90. The summed E-state index contributed by atoms with van der Waals surface area (Å²) in [4.78, 5) is 0. The summed E-state index contributed by atoms with van der Waals surface area (Å²) in [5.74, 6) is 5.65. The van der Waals surface area contributed by atoms with Crippen LogP contribution in [0.2, 0.25) is 0 Å². The van der Waals surface area contributed by atoms with Gasteiger partial charge in [0, 0.05) is 0 Å². The summed E-state index contributed by atoms with van der Waals surface area (Å²) in [6.45, 7) is 7.58. The van der Waals surface area contributed by atoms with Gasteiger partial charge in [-0.25, -0.2) is 0 Å². The first-order chi connectivity index (χ1) is 5.99. The molecule has 0 heterocycles. The summed E-state index contributed by atoms with van der Waals surface area (Å²) >= 11 is 0. The second kappa shape index (κ2) is 6.01. The highest BCUT2D eigenvalue weighted by Crippen LogP contribution is 2.17. The summed E-state index contributed by atoms with van der Waals surface area (Å²) in [5.41, 5.74) is 0. The molecule has 2 nitrogen and oxygen atoms in total. The maximum Gasteiger partial charge on any atom is 0.115 e. The average molecular weight is 184 g/mol. The molecule has 0 aliphatic carbocycles. The van der Waals surface area contributed by atoms with E-state index in [1.54, 1.807) is 6.92 Å². The van der Waals surface area contributed by atoms with E-state index in [9.17, 15) is 10.2 Å². The number of aliphatic hydroxyl groups is 2. The average Bonchev–Trinajstić information content (AvgIpc) is 2.03. The Kier molecular flexibility index (Phi) is 5.77. The van der Waals surface area contributed by atoms with Crippen molar-refractivity contribution in [3.05, 3.63) is 0 Å². The summed E-state index contributed by atoms with van der Waals surface area (Å²) in [7, 11) is 0. The molecule has 2 N–H and O–H groups in total. The van der Waals surface area contributed by atoms with Crippen molar-refractivity contribution in [1.82, 2.24) is 0 Å². The van der Waals surface area contributed by atoms with Crippen molar-refractivity contribution in [2.45, 2.75) is 46.3 Å². The Balaban J connectivity index is 3.96. The zero-order chi connectivity index (χ0) is 10.4. The maximum atomic E-state index is 9.65. The summed E-state index contributed by atoms with van der Waals surface area (Å²) in [5, 5.41) is 19.0. The van der Waals surface area contributed by atoms with Gasteiger partial charge in [0.2, 0.25) is 0 Å². The SMILES string of the molecule is CC#CC(O)C[C@@H](C)[C@@H](O)C(C)C. The number of aliphatic hydroxyl groups excluding tert-OH is 2. The zero-order valence-corrected chi connectivity index (χ0v) is 8.91. The number of rotatable bonds is 4. The van der Waals surface area contributed by atoms with Gasteiger partial charge >= 0.3 is 0 Å². The van der Waals surface area contributed by atoms with Crippen molar-refractivity contribution >= 4 is 0 Å². The van der Waals surface area contributed by atoms with Gasteiger partial charge < -0.3 is 10.2 Å². The minimum Gasteiger partial charge on any atom is -0.393 e. The van der Waals surface area contributed by atoms with Crippen molar-refractivity contribution in [1.29, 1.82) is 0 Å². The molecule has 0 saturated heterocycles. The van der Waals surface area contributed by atoms with E-state index in [4.69, 9.17) is 0 Å². The quantitative estimate of drug-likeness (QED) is 0.649. The molecule has 0 aromatic carbocycles. The first-order valence-corrected chi connectivity index (χ1v) is 4.77. The molecule has 13 heavy (non-hydrogen) atoms. The van der Waals surface area contributed by atoms with E-state index in [0.717, 1.165) is 0 Å². The van der Waals surface area contributed by atoms with Crippen LogP contribution in [-0.4, -0.2) is 22.4 Å². The van der Waals surface area contributed by atoms with Gasteiger partial charge in [-0.15, -0.1) is 5.92 Å². The van der Waals surface area contributed by atoms with E-state index in [0.29, 0.717) is 6.42 Å². The van der Waals surface area contributed by atoms with Crippen LogP contribution >= 0.6 is 0 Å². The predicted molar refractivity (Wildman–Crippen MR) is 54.1 cm³/mol. The summed E-state index contributed by atoms with van der Waals surface area (Å²) in [6, 6.07) is 0. The third-order valence-electron chi connectivity index (χ3n) is 2.17. The molecule has 0 aliphatic rings. The molecule has 76 valence electrons. The van der Waals surface area contributed by atoms with Crippen molar-refractivity contribution in [3.8, 4) is 11.8 Å². The van der Waals surface area contributed by atoms with Crippen molar-refractivity contribution < 1.29 is 10.2 Å². The Bertz CT molecular complexity index is 188. The van der Waals surface area contributed by atoms with E-state index in [2.05, 4.69) is 11.8 Å². The molecular weight excluding hydrogens is 164 g/mol. The van der Waals surface area contributed by atoms with E-state index in [-0.39, 0.29) is 17.9 Å². The molecule has 0 fully saturated rings. The Hall–Kier alpha value is -0.520. The first-order valence-electron chi connectivity index (χ1n) is 4.77. The topological polar surface area (TPSA) is 40.5 Å². The van der Waals surface area contributed by atoms with Crippen LogP contribution in [0.3, 0.4) is 0 Å². The van der Waals surface area contributed by atoms with Crippen molar-refractivity contribution in [2.24, 2.45) is 11.8 Å². The molecule has 0 spiro atoms. The Labute approximate surface area is 81.0 Å². The van der Waals surface area contributed by atoms with Gasteiger partial charge in [0.1, 0.15) is 6.10 Å². The van der Waals surface area contributed by atoms with Gasteiger partial charge in [-0.3, -0.25) is 0 Å². The normalized spacial score (nSPS) is 17.5. The van der Waals surface area contributed by atoms with E-state index in [1.807, 2.05) is 20.8 Å². The van der Waals surface area contributed by atoms with Gasteiger partial charge in [0.05, 0.1) is 6.10 Å². The minimum absolute atomic E-state index is 0.0934. The van der Waals surface area contributed by atoms with Gasteiger partial charge in [0.15, 0.2) is 0 Å². The van der Waals surface area contributed by atoms with E-state index < -0.39 is 6.10 Å². The Morgan fingerprint density at radius 1 is 1.15 bits per heavy atom. The fourth-order valence-corrected chi connectivity index (χ4v) is 1.37. The molecule has 0 aromatic rings. The summed E-state index contributed by atoms with van der Waals surface area (Å²) < 4.78 is 0. The van der Waals surface area contributed by atoms with Crippen molar-refractivity contribution in [2.75, 3.05) is 0 Å². The van der Waals surface area contributed by atoms with Crippen LogP contribution in [0.4, 0.5) is 0 Å². The minimum atomic E-state index is -0.603. The highest BCUT2D eigenvalue weighted by molar-refractivity contribution is 5.02. The molecule has 0 rings (SSSR count). The van der Waals surface area contributed by atoms with Crippen LogP contribution in [-0.2, 0) is 0 Å². The lowest BCUT2D eigenvalue weighted by Crippen LogP contribution is -2.26. The zero-order valence-electron chi connectivity index (χ0n) is 8.91. The molecule has 2 heteroatoms. The third kappa shape index (κ3) is 4.92. The monoisotopic (exact) mass is 184 g/mol. The fraction of sp³-hybridized carbons (Fsp3) is 0.818. The molecular formula is C11H20O2. The van der Waals surface area contributed by atoms with Crippen LogP contribution in [0.15, 0.2) is 0 Å². The molecule has 0 amide bonds. The van der Waals surface area contributed by atoms with Crippen LogP contribution < -0.4 is 0 Å². The number of hydrogen-bond acceptors (Lipinski definition) is 2. The molecule has 0 saturated carbocycles. The van der Waals surface area contributed by atoms with Gasteiger partial charge in [0.25, 0.3) is 0 Å². The largest absolute Gasteiger partial charge is 0.393 e. The smallest absolute Gasteiger partial charge is 0.115 e. The molecule has 0 aromatic heterocycles. The standard InChI is InChI=1S/C11H20O2/c1-5-6-10(12)7-9(4)11(13)8(2)3/h8-13H,7H2,1-4H3/t9-,10?,11+/m1/s1.